The second-order valence-corrected chi connectivity index (χ2v) is 4.14. The van der Waals surface area contributed by atoms with Crippen LogP contribution in [0, 0.1) is 6.92 Å². The summed E-state index contributed by atoms with van der Waals surface area (Å²) in [5, 5.41) is 15.7. The van der Waals surface area contributed by atoms with E-state index in [9.17, 15) is 9.59 Å². The number of rotatable bonds is 6. The van der Waals surface area contributed by atoms with Gasteiger partial charge in [0.2, 0.25) is 0 Å². The highest BCUT2D eigenvalue weighted by Gasteiger charge is 2.21. The Morgan fingerprint density at radius 2 is 2.17 bits per heavy atom. The van der Waals surface area contributed by atoms with Crippen LogP contribution in [0.2, 0.25) is 0 Å². The number of nitrogens with zero attached hydrogens (tertiary/aromatic N) is 2. The summed E-state index contributed by atoms with van der Waals surface area (Å²) in [6.45, 7) is 6.12. The van der Waals surface area contributed by atoms with Crippen molar-refractivity contribution in [2.45, 2.75) is 46.2 Å². The minimum atomic E-state index is -1.01. The Kier molecular flexibility index (Phi) is 4.88. The van der Waals surface area contributed by atoms with Gasteiger partial charge in [-0.25, -0.2) is 4.79 Å². The molecule has 2 N–H and O–H groups in total. The Morgan fingerprint density at radius 1 is 1.50 bits per heavy atom. The van der Waals surface area contributed by atoms with Crippen LogP contribution in [0.3, 0.4) is 0 Å². The normalized spacial score (nSPS) is 12.2. The second-order valence-electron chi connectivity index (χ2n) is 4.14. The maximum atomic E-state index is 12.0. The molecule has 100 valence electrons. The number of carbonyl (C=O) groups excluding carboxylic acids is 1. The first kappa shape index (κ1) is 14.2. The molecule has 0 unspecified atom stereocenters. The summed E-state index contributed by atoms with van der Waals surface area (Å²) in [5.74, 6) is -1.40. The molecule has 1 amide bonds. The van der Waals surface area contributed by atoms with Crippen molar-refractivity contribution in [1.82, 2.24) is 15.1 Å². The topological polar surface area (TPSA) is 84.2 Å². The first-order valence-electron chi connectivity index (χ1n) is 6.07. The van der Waals surface area contributed by atoms with E-state index in [2.05, 4.69) is 10.4 Å². The van der Waals surface area contributed by atoms with Crippen LogP contribution in [0.15, 0.2) is 6.07 Å². The fourth-order valence-corrected chi connectivity index (χ4v) is 1.75. The third-order valence-corrected chi connectivity index (χ3v) is 2.62. The summed E-state index contributed by atoms with van der Waals surface area (Å²) in [5.41, 5.74) is 1.14. The number of hydrogen-bond acceptors (Lipinski definition) is 3. The Balaban J connectivity index is 2.83. The SMILES string of the molecule is CCC[C@H](NC(=O)c1cc(C)nn1CC)C(=O)O. The van der Waals surface area contributed by atoms with Crippen molar-refractivity contribution >= 4 is 11.9 Å². The summed E-state index contributed by atoms with van der Waals surface area (Å²) in [6.07, 6.45) is 1.11. The van der Waals surface area contributed by atoms with Crippen molar-refractivity contribution in [3.8, 4) is 0 Å². The molecule has 18 heavy (non-hydrogen) atoms. The molecular weight excluding hydrogens is 234 g/mol. The Labute approximate surface area is 106 Å². The summed E-state index contributed by atoms with van der Waals surface area (Å²) in [7, 11) is 0. The summed E-state index contributed by atoms with van der Waals surface area (Å²) in [4.78, 5) is 23.0. The number of aliphatic carboxylic acids is 1. The van der Waals surface area contributed by atoms with Crippen molar-refractivity contribution in [2.24, 2.45) is 0 Å². The van der Waals surface area contributed by atoms with E-state index in [1.165, 1.54) is 0 Å². The van der Waals surface area contributed by atoms with Gasteiger partial charge in [0.1, 0.15) is 11.7 Å². The number of hydrogen-bond donors (Lipinski definition) is 2. The van der Waals surface area contributed by atoms with Gasteiger partial charge in [-0.1, -0.05) is 13.3 Å². The Hall–Kier alpha value is -1.85. The molecule has 0 saturated heterocycles. The molecule has 0 saturated carbocycles. The number of carboxylic acids is 1. The third kappa shape index (κ3) is 3.32. The zero-order valence-corrected chi connectivity index (χ0v) is 10.9. The van der Waals surface area contributed by atoms with E-state index in [1.54, 1.807) is 17.7 Å². The van der Waals surface area contributed by atoms with E-state index in [1.807, 2.05) is 13.8 Å². The molecule has 0 radical (unpaired) electrons. The average Bonchev–Trinajstić information content (AvgIpc) is 2.69. The van der Waals surface area contributed by atoms with Crippen LogP contribution in [0.4, 0.5) is 0 Å². The smallest absolute Gasteiger partial charge is 0.326 e. The van der Waals surface area contributed by atoms with Gasteiger partial charge in [0.25, 0.3) is 5.91 Å². The first-order chi connectivity index (χ1) is 8.49. The lowest BCUT2D eigenvalue weighted by Crippen LogP contribution is -2.41. The van der Waals surface area contributed by atoms with Gasteiger partial charge in [0.15, 0.2) is 0 Å². The lowest BCUT2D eigenvalue weighted by molar-refractivity contribution is -0.139. The molecule has 0 aliphatic rings. The summed E-state index contributed by atoms with van der Waals surface area (Å²) < 4.78 is 1.57. The molecule has 0 aromatic carbocycles. The predicted octanol–water partition coefficient (Wildman–Crippen LogP) is 1.19. The minimum absolute atomic E-state index is 0.390. The van der Waals surface area contributed by atoms with Gasteiger partial charge in [-0.2, -0.15) is 5.10 Å². The monoisotopic (exact) mass is 253 g/mol. The molecule has 0 aliphatic heterocycles. The van der Waals surface area contributed by atoms with E-state index < -0.39 is 17.9 Å². The molecule has 1 rings (SSSR count). The molecule has 1 heterocycles. The lowest BCUT2D eigenvalue weighted by atomic mass is 10.1. The van der Waals surface area contributed by atoms with Crippen LogP contribution < -0.4 is 5.32 Å². The molecule has 0 aliphatic carbocycles. The van der Waals surface area contributed by atoms with Crippen LogP contribution in [0.25, 0.3) is 0 Å². The quantitative estimate of drug-likeness (QED) is 0.797. The fourth-order valence-electron chi connectivity index (χ4n) is 1.75. The molecule has 1 aromatic rings. The number of carbonyl (C=O) groups is 2. The molecule has 1 aromatic heterocycles. The Bertz CT molecular complexity index is 440. The van der Waals surface area contributed by atoms with Crippen molar-refractivity contribution in [3.05, 3.63) is 17.5 Å². The van der Waals surface area contributed by atoms with E-state index in [0.29, 0.717) is 25.1 Å². The molecule has 6 nitrogen and oxygen atoms in total. The molecule has 1 atom stereocenters. The van der Waals surface area contributed by atoms with Gasteiger partial charge in [-0.3, -0.25) is 9.48 Å². The van der Waals surface area contributed by atoms with Crippen LogP contribution in [-0.2, 0) is 11.3 Å². The van der Waals surface area contributed by atoms with Crippen LogP contribution in [-0.4, -0.2) is 32.8 Å². The zero-order valence-electron chi connectivity index (χ0n) is 10.9. The zero-order chi connectivity index (χ0) is 13.7. The van der Waals surface area contributed by atoms with Crippen LogP contribution in [0.1, 0.15) is 42.9 Å². The van der Waals surface area contributed by atoms with Crippen LogP contribution in [0.5, 0.6) is 0 Å². The molecule has 0 bridgehead atoms. The van der Waals surface area contributed by atoms with Crippen LogP contribution >= 0.6 is 0 Å². The van der Waals surface area contributed by atoms with Crippen molar-refractivity contribution in [1.29, 1.82) is 0 Å². The summed E-state index contributed by atoms with van der Waals surface area (Å²) >= 11 is 0. The van der Waals surface area contributed by atoms with Crippen molar-refractivity contribution in [3.63, 3.8) is 0 Å². The van der Waals surface area contributed by atoms with Gasteiger partial charge >= 0.3 is 5.97 Å². The maximum absolute atomic E-state index is 12.0. The highest BCUT2D eigenvalue weighted by atomic mass is 16.4. The second kappa shape index (κ2) is 6.18. The van der Waals surface area contributed by atoms with E-state index in [-0.39, 0.29) is 0 Å². The Morgan fingerprint density at radius 3 is 2.67 bits per heavy atom. The van der Waals surface area contributed by atoms with E-state index in [4.69, 9.17) is 5.11 Å². The predicted molar refractivity (Wildman–Crippen MR) is 66.4 cm³/mol. The van der Waals surface area contributed by atoms with Gasteiger partial charge in [0, 0.05) is 6.54 Å². The average molecular weight is 253 g/mol. The van der Waals surface area contributed by atoms with Gasteiger partial charge in [-0.15, -0.1) is 0 Å². The largest absolute Gasteiger partial charge is 0.480 e. The van der Waals surface area contributed by atoms with Crippen molar-refractivity contribution < 1.29 is 14.7 Å². The molecule has 0 fully saturated rings. The lowest BCUT2D eigenvalue weighted by Gasteiger charge is -2.13. The fraction of sp³-hybridized carbons (Fsp3) is 0.583. The third-order valence-electron chi connectivity index (χ3n) is 2.62. The highest BCUT2D eigenvalue weighted by molar-refractivity contribution is 5.95. The number of nitrogens with one attached hydrogen (secondary N) is 1. The summed E-state index contributed by atoms with van der Waals surface area (Å²) in [6, 6.07) is 0.812. The maximum Gasteiger partial charge on any atom is 0.326 e. The highest BCUT2D eigenvalue weighted by Crippen LogP contribution is 2.05. The van der Waals surface area contributed by atoms with Gasteiger partial charge in [0.05, 0.1) is 5.69 Å². The molecule has 0 spiro atoms. The number of aromatic nitrogens is 2. The standard InChI is InChI=1S/C12H19N3O3/c1-4-6-9(12(17)18)13-11(16)10-7-8(3)14-15(10)5-2/h7,9H,4-6H2,1-3H3,(H,13,16)(H,17,18)/t9-/m0/s1. The molecule has 6 heteroatoms. The van der Waals surface area contributed by atoms with Gasteiger partial charge < -0.3 is 10.4 Å². The van der Waals surface area contributed by atoms with E-state index >= 15 is 0 Å². The molecular formula is C12H19N3O3. The number of carboxylic acid groups (broad SMARTS) is 1. The number of amides is 1. The van der Waals surface area contributed by atoms with E-state index in [0.717, 1.165) is 5.69 Å². The minimum Gasteiger partial charge on any atom is -0.480 e. The van der Waals surface area contributed by atoms with Crippen molar-refractivity contribution in [2.75, 3.05) is 0 Å². The first-order valence-corrected chi connectivity index (χ1v) is 6.07. The number of aryl methyl sites for hydroxylation is 2. The van der Waals surface area contributed by atoms with Gasteiger partial charge in [-0.05, 0) is 26.3 Å².